The molecule has 0 bridgehead atoms. The van der Waals surface area contributed by atoms with Gasteiger partial charge in [0.05, 0.1) is 12.2 Å². The van der Waals surface area contributed by atoms with Gasteiger partial charge in [-0.15, -0.1) is 0 Å². The lowest BCUT2D eigenvalue weighted by Gasteiger charge is -2.20. The van der Waals surface area contributed by atoms with E-state index < -0.39 is 18.2 Å². The van der Waals surface area contributed by atoms with Crippen LogP contribution in [0.4, 0.5) is 0 Å². The maximum Gasteiger partial charge on any atom is 0.244 e. The van der Waals surface area contributed by atoms with E-state index in [1.54, 1.807) is 12.1 Å². The van der Waals surface area contributed by atoms with Gasteiger partial charge in [-0.05, 0) is 5.56 Å². The molecule has 1 fully saturated rings. The third kappa shape index (κ3) is 2.46. The monoisotopic (exact) mass is 236 g/mol. The zero-order valence-corrected chi connectivity index (χ0v) is 9.36. The van der Waals surface area contributed by atoms with Crippen LogP contribution in [-0.4, -0.2) is 46.3 Å². The molecule has 5 heteroatoms. The minimum absolute atomic E-state index is 0.139. The van der Waals surface area contributed by atoms with Crippen molar-refractivity contribution in [2.45, 2.75) is 18.2 Å². The van der Waals surface area contributed by atoms with Gasteiger partial charge in [-0.3, -0.25) is 4.79 Å². The molecule has 0 unspecified atom stereocenters. The number of aliphatic hydroxyl groups is 2. The number of likely N-dealkylation sites (tertiary alicyclic amines) is 1. The second-order valence-electron chi connectivity index (χ2n) is 4.27. The van der Waals surface area contributed by atoms with Crippen molar-refractivity contribution >= 4 is 5.91 Å². The van der Waals surface area contributed by atoms with E-state index >= 15 is 0 Å². The molecule has 3 atom stereocenters. The predicted octanol–water partition coefficient (Wildman–Crippen LogP) is -0.750. The van der Waals surface area contributed by atoms with Crippen LogP contribution in [0.25, 0.3) is 0 Å². The third-order valence-corrected chi connectivity index (χ3v) is 3.00. The van der Waals surface area contributed by atoms with Crippen LogP contribution < -0.4 is 5.73 Å². The fraction of sp³-hybridized carbons (Fsp3) is 0.417. The van der Waals surface area contributed by atoms with E-state index in [-0.39, 0.29) is 19.0 Å². The molecule has 0 spiro atoms. The lowest BCUT2D eigenvalue weighted by atomic mass is 10.1. The van der Waals surface area contributed by atoms with Crippen LogP contribution in [0.2, 0.25) is 0 Å². The van der Waals surface area contributed by atoms with Crippen LogP contribution in [0, 0.1) is 0 Å². The van der Waals surface area contributed by atoms with Gasteiger partial charge < -0.3 is 20.8 Å². The van der Waals surface area contributed by atoms with E-state index in [9.17, 15) is 15.0 Å². The Labute approximate surface area is 99.5 Å². The SMILES string of the molecule is N[C@@H](C(=O)N1C[C@@H](O)[C@@H](O)C1)c1ccccc1. The number of carbonyl (C=O) groups excluding carboxylic acids is 1. The average molecular weight is 236 g/mol. The molecule has 1 amide bonds. The lowest BCUT2D eigenvalue weighted by molar-refractivity contribution is -0.132. The van der Waals surface area contributed by atoms with E-state index in [0.717, 1.165) is 5.56 Å². The van der Waals surface area contributed by atoms with Crippen molar-refractivity contribution in [2.75, 3.05) is 13.1 Å². The zero-order chi connectivity index (χ0) is 12.4. The van der Waals surface area contributed by atoms with Gasteiger partial charge in [0.1, 0.15) is 6.04 Å². The van der Waals surface area contributed by atoms with Gasteiger partial charge in [0, 0.05) is 13.1 Å². The summed E-state index contributed by atoms with van der Waals surface area (Å²) >= 11 is 0. The number of β-amino-alcohol motifs (C(OH)–C–C–N with tert-alkyl or cyclic N) is 2. The molecule has 17 heavy (non-hydrogen) atoms. The number of nitrogens with zero attached hydrogens (tertiary/aromatic N) is 1. The molecule has 4 N–H and O–H groups in total. The van der Waals surface area contributed by atoms with E-state index in [2.05, 4.69) is 0 Å². The van der Waals surface area contributed by atoms with Crippen LogP contribution in [0.3, 0.4) is 0 Å². The summed E-state index contributed by atoms with van der Waals surface area (Å²) in [5, 5.41) is 18.8. The number of aliphatic hydroxyl groups excluding tert-OH is 2. The van der Waals surface area contributed by atoms with Gasteiger partial charge in [0.25, 0.3) is 0 Å². The maximum atomic E-state index is 12.0. The summed E-state index contributed by atoms with van der Waals surface area (Å²) in [6.07, 6.45) is -1.75. The summed E-state index contributed by atoms with van der Waals surface area (Å²) in [6.45, 7) is 0.279. The van der Waals surface area contributed by atoms with Gasteiger partial charge in [0.2, 0.25) is 5.91 Å². The first-order valence-corrected chi connectivity index (χ1v) is 5.55. The smallest absolute Gasteiger partial charge is 0.244 e. The molecule has 0 radical (unpaired) electrons. The summed E-state index contributed by atoms with van der Waals surface area (Å²) in [7, 11) is 0. The highest BCUT2D eigenvalue weighted by Gasteiger charge is 2.34. The average Bonchev–Trinajstić information content (AvgIpc) is 2.69. The van der Waals surface area contributed by atoms with Crippen molar-refractivity contribution in [3.05, 3.63) is 35.9 Å². The molecule has 5 nitrogen and oxygen atoms in total. The highest BCUT2D eigenvalue weighted by atomic mass is 16.3. The summed E-state index contributed by atoms with van der Waals surface area (Å²) < 4.78 is 0. The Kier molecular flexibility index (Phi) is 3.42. The van der Waals surface area contributed by atoms with E-state index in [0.29, 0.717) is 0 Å². The van der Waals surface area contributed by atoms with Gasteiger partial charge in [0.15, 0.2) is 0 Å². The standard InChI is InChI=1S/C12H16N2O3/c13-11(8-4-2-1-3-5-8)12(17)14-6-9(15)10(16)7-14/h1-5,9-11,15-16H,6-7,13H2/t9-,10+,11-/m1/s1. The fourth-order valence-electron chi connectivity index (χ4n) is 1.95. The van der Waals surface area contributed by atoms with Crippen LogP contribution in [0.15, 0.2) is 30.3 Å². The van der Waals surface area contributed by atoms with Gasteiger partial charge in [-0.2, -0.15) is 0 Å². The number of hydrogen-bond donors (Lipinski definition) is 3. The number of hydrogen-bond acceptors (Lipinski definition) is 4. The van der Waals surface area contributed by atoms with E-state index in [1.807, 2.05) is 18.2 Å². The maximum absolute atomic E-state index is 12.0. The molecule has 1 heterocycles. The molecule has 0 aromatic heterocycles. The van der Waals surface area contributed by atoms with Crippen molar-refractivity contribution < 1.29 is 15.0 Å². The van der Waals surface area contributed by atoms with Gasteiger partial charge in [-0.25, -0.2) is 0 Å². The molecule has 0 aliphatic carbocycles. The van der Waals surface area contributed by atoms with Crippen LogP contribution in [-0.2, 0) is 4.79 Å². The summed E-state index contributed by atoms with van der Waals surface area (Å²) in [5.74, 6) is -0.271. The Morgan fingerprint density at radius 3 is 2.29 bits per heavy atom. The Hall–Kier alpha value is -1.43. The summed E-state index contributed by atoms with van der Waals surface area (Å²) in [5.41, 5.74) is 6.58. The minimum Gasteiger partial charge on any atom is -0.388 e. The molecular weight excluding hydrogens is 220 g/mol. The summed E-state index contributed by atoms with van der Waals surface area (Å²) in [4.78, 5) is 13.4. The topological polar surface area (TPSA) is 86.8 Å². The Morgan fingerprint density at radius 1 is 1.24 bits per heavy atom. The predicted molar refractivity (Wildman–Crippen MR) is 62.0 cm³/mol. The molecule has 1 aliphatic rings. The molecule has 2 rings (SSSR count). The first-order valence-electron chi connectivity index (χ1n) is 5.55. The molecular formula is C12H16N2O3. The van der Waals surface area contributed by atoms with Gasteiger partial charge >= 0.3 is 0 Å². The first-order chi connectivity index (χ1) is 8.09. The number of amides is 1. The highest BCUT2D eigenvalue weighted by molar-refractivity contribution is 5.83. The normalized spacial score (nSPS) is 25.9. The molecule has 1 aliphatic heterocycles. The van der Waals surface area contributed by atoms with Crippen molar-refractivity contribution in [1.82, 2.24) is 4.90 Å². The number of nitrogens with two attached hydrogens (primary N) is 1. The van der Waals surface area contributed by atoms with Crippen LogP contribution >= 0.6 is 0 Å². The summed E-state index contributed by atoms with van der Waals surface area (Å²) in [6, 6.07) is 8.31. The minimum atomic E-state index is -0.873. The molecule has 0 saturated carbocycles. The van der Waals surface area contributed by atoms with Crippen molar-refractivity contribution in [3.63, 3.8) is 0 Å². The lowest BCUT2D eigenvalue weighted by Crippen LogP contribution is -2.37. The Balaban J connectivity index is 2.06. The molecule has 1 saturated heterocycles. The van der Waals surface area contributed by atoms with E-state index in [1.165, 1.54) is 4.90 Å². The van der Waals surface area contributed by atoms with E-state index in [4.69, 9.17) is 5.73 Å². The number of benzene rings is 1. The second-order valence-corrected chi connectivity index (χ2v) is 4.27. The quantitative estimate of drug-likeness (QED) is 0.630. The second kappa shape index (κ2) is 4.83. The first kappa shape index (κ1) is 12.0. The van der Waals surface area contributed by atoms with Gasteiger partial charge in [-0.1, -0.05) is 30.3 Å². The molecule has 1 aromatic rings. The molecule has 92 valence electrons. The third-order valence-electron chi connectivity index (χ3n) is 3.00. The number of carbonyl (C=O) groups is 1. The van der Waals surface area contributed by atoms with Crippen molar-refractivity contribution in [1.29, 1.82) is 0 Å². The van der Waals surface area contributed by atoms with Crippen molar-refractivity contribution in [2.24, 2.45) is 5.73 Å². The Bertz CT molecular complexity index is 386. The van der Waals surface area contributed by atoms with Crippen molar-refractivity contribution in [3.8, 4) is 0 Å². The molecule has 1 aromatic carbocycles. The Morgan fingerprint density at radius 2 is 1.76 bits per heavy atom. The zero-order valence-electron chi connectivity index (χ0n) is 9.36. The fourth-order valence-corrected chi connectivity index (χ4v) is 1.95. The van der Waals surface area contributed by atoms with Crippen LogP contribution in [0.1, 0.15) is 11.6 Å². The highest BCUT2D eigenvalue weighted by Crippen LogP contribution is 2.17. The largest absolute Gasteiger partial charge is 0.388 e. The number of rotatable bonds is 2. The van der Waals surface area contributed by atoms with Crippen LogP contribution in [0.5, 0.6) is 0 Å².